The van der Waals surface area contributed by atoms with E-state index in [0.717, 1.165) is 46.1 Å². The fraction of sp³-hybridized carbons (Fsp3) is 0.240. The van der Waals surface area contributed by atoms with Gasteiger partial charge in [-0.2, -0.15) is 0 Å². The molecule has 1 atom stereocenters. The van der Waals surface area contributed by atoms with Crippen LogP contribution in [0.1, 0.15) is 42.9 Å². The third-order valence-electron chi connectivity index (χ3n) is 5.44. The van der Waals surface area contributed by atoms with Crippen LogP contribution >= 0.6 is 0 Å². The zero-order chi connectivity index (χ0) is 22.0. The number of carbonyl (C=O) groups excluding carboxylic acids is 1. The Bertz CT molecular complexity index is 1170. The molecule has 0 radical (unpaired) electrons. The number of carboxylic acids is 1. The summed E-state index contributed by atoms with van der Waals surface area (Å²) in [6, 6.07) is 14.0. The van der Waals surface area contributed by atoms with Crippen LogP contribution in [0.3, 0.4) is 0 Å². The fourth-order valence-electron chi connectivity index (χ4n) is 3.67. The molecule has 0 saturated heterocycles. The maximum absolute atomic E-state index is 13.6. The van der Waals surface area contributed by atoms with Crippen molar-refractivity contribution < 1.29 is 24.2 Å². The molecule has 1 heterocycles. The number of rotatable bonds is 8. The Kier molecular flexibility index (Phi) is 5.91. The first-order valence-electron chi connectivity index (χ1n) is 10.2. The van der Waals surface area contributed by atoms with Gasteiger partial charge in [0.05, 0.1) is 11.2 Å². The number of carboxylic acid groups (broad SMARTS) is 1. The highest BCUT2D eigenvalue weighted by Crippen LogP contribution is 2.45. The zero-order valence-electron chi connectivity index (χ0n) is 16.8. The van der Waals surface area contributed by atoms with Crippen molar-refractivity contribution in [2.24, 2.45) is 0 Å². The molecule has 31 heavy (non-hydrogen) atoms. The van der Waals surface area contributed by atoms with Crippen molar-refractivity contribution in [1.29, 1.82) is 0 Å². The van der Waals surface area contributed by atoms with E-state index in [1.54, 1.807) is 18.2 Å². The molecule has 3 aromatic rings. The third kappa shape index (κ3) is 4.70. The summed E-state index contributed by atoms with van der Waals surface area (Å²) in [4.78, 5) is 28.0. The first kappa shape index (κ1) is 20.9. The van der Waals surface area contributed by atoms with Crippen LogP contribution in [0.4, 0.5) is 4.39 Å². The molecule has 0 aliphatic heterocycles. The molecule has 0 bridgehead atoms. The number of halogens is 1. The third-order valence-corrected chi connectivity index (χ3v) is 5.44. The second kappa shape index (κ2) is 8.78. The van der Waals surface area contributed by atoms with Gasteiger partial charge in [-0.1, -0.05) is 30.3 Å². The largest absolute Gasteiger partial charge is 0.479 e. The molecule has 1 aliphatic rings. The van der Waals surface area contributed by atoms with Crippen molar-refractivity contribution in [3.8, 4) is 11.1 Å². The Morgan fingerprint density at radius 1 is 1.13 bits per heavy atom. The molecule has 1 aliphatic carbocycles. The van der Waals surface area contributed by atoms with Crippen molar-refractivity contribution in [2.45, 2.75) is 37.7 Å². The van der Waals surface area contributed by atoms with Crippen LogP contribution in [0, 0.1) is 5.82 Å². The first-order valence-corrected chi connectivity index (χ1v) is 10.2. The normalized spacial score (nSPS) is 14.8. The monoisotopic (exact) mass is 419 g/mol. The number of allylic oxidation sites excluding steroid dienone is 1. The predicted molar refractivity (Wildman–Crippen MR) is 116 cm³/mol. The maximum atomic E-state index is 13.6. The summed E-state index contributed by atoms with van der Waals surface area (Å²) in [6.07, 6.45) is 3.41. The minimum atomic E-state index is -1.56. The van der Waals surface area contributed by atoms with E-state index in [4.69, 9.17) is 10.1 Å². The lowest BCUT2D eigenvalue weighted by Gasteiger charge is -2.15. The molecule has 1 unspecified atom stereocenters. The Morgan fingerprint density at radius 2 is 1.84 bits per heavy atom. The van der Waals surface area contributed by atoms with E-state index in [1.807, 2.05) is 24.3 Å². The number of carbonyl (C=O) groups is 2. The summed E-state index contributed by atoms with van der Waals surface area (Å²) in [7, 11) is 0. The van der Waals surface area contributed by atoms with Crippen LogP contribution in [-0.2, 0) is 9.59 Å². The molecule has 0 spiro atoms. The van der Waals surface area contributed by atoms with Gasteiger partial charge in [-0.05, 0) is 55.2 Å². The first-order chi connectivity index (χ1) is 14.9. The van der Waals surface area contributed by atoms with Crippen molar-refractivity contribution in [3.63, 3.8) is 0 Å². The van der Waals surface area contributed by atoms with Crippen molar-refractivity contribution in [2.75, 3.05) is 0 Å². The van der Waals surface area contributed by atoms with Gasteiger partial charge in [0.15, 0.2) is 11.9 Å². The summed E-state index contributed by atoms with van der Waals surface area (Å²) < 4.78 is 13.6. The Labute approximate surface area is 178 Å². The average molecular weight is 419 g/mol. The zero-order valence-corrected chi connectivity index (χ0v) is 16.8. The van der Waals surface area contributed by atoms with Gasteiger partial charge in [-0.25, -0.2) is 9.18 Å². The lowest BCUT2D eigenvalue weighted by molar-refractivity contribution is -0.147. The molecule has 0 amide bonds. The standard InChI is InChI=1S/C25H22FNO4/c26-17-9-7-15(8-10-17)23-19-3-1-2-4-21(19)27-24(16-5-6-16)20(23)13-11-18(28)12-14-22(29)25(30)31/h1-4,7-11,13,16,22,29H,5-6,12,14H2,(H,30,31). The van der Waals surface area contributed by atoms with Gasteiger partial charge >= 0.3 is 5.97 Å². The highest BCUT2D eigenvalue weighted by atomic mass is 19.1. The fourth-order valence-corrected chi connectivity index (χ4v) is 3.67. The van der Waals surface area contributed by atoms with Gasteiger partial charge in [0.1, 0.15) is 5.82 Å². The van der Waals surface area contributed by atoms with E-state index in [9.17, 15) is 19.1 Å². The number of aliphatic carboxylic acids is 1. The summed E-state index contributed by atoms with van der Waals surface area (Å²) in [5, 5.41) is 19.1. The van der Waals surface area contributed by atoms with E-state index in [1.165, 1.54) is 18.2 Å². The highest BCUT2D eigenvalue weighted by Gasteiger charge is 2.29. The van der Waals surface area contributed by atoms with Crippen molar-refractivity contribution >= 4 is 28.7 Å². The number of hydrogen-bond acceptors (Lipinski definition) is 4. The van der Waals surface area contributed by atoms with Crippen LogP contribution in [0.2, 0.25) is 0 Å². The number of aliphatic hydroxyl groups excluding tert-OH is 1. The van der Waals surface area contributed by atoms with Crippen molar-refractivity contribution in [1.82, 2.24) is 4.98 Å². The topological polar surface area (TPSA) is 87.5 Å². The molecule has 1 fully saturated rings. The Morgan fingerprint density at radius 3 is 2.52 bits per heavy atom. The average Bonchev–Trinajstić information content (AvgIpc) is 3.61. The number of benzene rings is 2. The second-order valence-corrected chi connectivity index (χ2v) is 7.78. The Balaban J connectivity index is 1.78. The second-order valence-electron chi connectivity index (χ2n) is 7.78. The number of hydrogen-bond donors (Lipinski definition) is 2. The van der Waals surface area contributed by atoms with Gasteiger partial charge in [-0.15, -0.1) is 0 Å². The van der Waals surface area contributed by atoms with Gasteiger partial charge in [0, 0.05) is 28.9 Å². The van der Waals surface area contributed by atoms with Gasteiger partial charge in [0.25, 0.3) is 0 Å². The molecule has 6 heteroatoms. The minimum absolute atomic E-state index is 0.0738. The van der Waals surface area contributed by atoms with E-state index >= 15 is 0 Å². The predicted octanol–water partition coefficient (Wildman–Crippen LogP) is 4.73. The van der Waals surface area contributed by atoms with Crippen LogP contribution in [0.5, 0.6) is 0 Å². The lowest BCUT2D eigenvalue weighted by atomic mass is 9.92. The molecular formula is C25H22FNO4. The van der Waals surface area contributed by atoms with E-state index < -0.39 is 12.1 Å². The number of aliphatic hydroxyl groups is 1. The lowest BCUT2D eigenvalue weighted by Crippen LogP contribution is -2.20. The maximum Gasteiger partial charge on any atom is 0.332 e. The van der Waals surface area contributed by atoms with E-state index in [2.05, 4.69) is 0 Å². The minimum Gasteiger partial charge on any atom is -0.479 e. The van der Waals surface area contributed by atoms with E-state index in [-0.39, 0.29) is 24.4 Å². The Hall–Kier alpha value is -3.38. The summed E-state index contributed by atoms with van der Waals surface area (Å²) in [6.45, 7) is 0. The van der Waals surface area contributed by atoms with Gasteiger partial charge in [-0.3, -0.25) is 9.78 Å². The van der Waals surface area contributed by atoms with Gasteiger partial charge < -0.3 is 10.2 Å². The molecule has 2 aromatic carbocycles. The molecule has 5 nitrogen and oxygen atoms in total. The molecular weight excluding hydrogens is 397 g/mol. The van der Waals surface area contributed by atoms with Crippen LogP contribution in [0.15, 0.2) is 54.6 Å². The number of aromatic nitrogens is 1. The number of nitrogens with zero attached hydrogens (tertiary/aromatic N) is 1. The van der Waals surface area contributed by atoms with Crippen molar-refractivity contribution in [3.05, 3.63) is 71.7 Å². The van der Waals surface area contributed by atoms with E-state index in [0.29, 0.717) is 5.92 Å². The number of fused-ring (bicyclic) bond motifs is 1. The number of para-hydroxylation sites is 1. The van der Waals surface area contributed by atoms with Crippen LogP contribution in [0.25, 0.3) is 28.1 Å². The number of ketones is 1. The van der Waals surface area contributed by atoms with Crippen LogP contribution in [-0.4, -0.2) is 33.1 Å². The molecule has 1 aromatic heterocycles. The quantitative estimate of drug-likeness (QED) is 0.516. The van der Waals surface area contributed by atoms with Gasteiger partial charge in [0.2, 0.25) is 0 Å². The SMILES string of the molecule is O=C(C=Cc1c(C2CC2)nc2ccccc2c1-c1ccc(F)cc1)CCC(O)C(=O)O. The molecule has 2 N–H and O–H groups in total. The molecule has 1 saturated carbocycles. The smallest absolute Gasteiger partial charge is 0.332 e. The molecule has 158 valence electrons. The summed E-state index contributed by atoms with van der Waals surface area (Å²) >= 11 is 0. The summed E-state index contributed by atoms with van der Waals surface area (Å²) in [5.74, 6) is -1.63. The highest BCUT2D eigenvalue weighted by molar-refractivity contribution is 6.02. The molecule has 4 rings (SSSR count). The summed E-state index contributed by atoms with van der Waals surface area (Å²) in [5.41, 5.74) is 4.29. The van der Waals surface area contributed by atoms with Crippen LogP contribution < -0.4 is 0 Å². The number of pyridine rings is 1.